The number of carbonyl (C=O) groups is 1. The first-order valence-corrected chi connectivity index (χ1v) is 10.3. The first-order chi connectivity index (χ1) is 15.4. The van der Waals surface area contributed by atoms with Crippen LogP contribution in [0, 0.1) is 11.6 Å². The van der Waals surface area contributed by atoms with Crippen LogP contribution in [0.2, 0.25) is 5.02 Å². The normalized spacial score (nSPS) is 14.6. The Morgan fingerprint density at radius 1 is 1.16 bits per heavy atom. The van der Waals surface area contributed by atoms with E-state index in [1.54, 1.807) is 12.3 Å². The van der Waals surface area contributed by atoms with Gasteiger partial charge >= 0.3 is 5.97 Å². The first kappa shape index (κ1) is 22.1. The largest absolute Gasteiger partial charge is 0.464 e. The fourth-order valence-electron chi connectivity index (χ4n) is 3.47. The van der Waals surface area contributed by atoms with E-state index in [1.807, 2.05) is 0 Å². The Hall–Kier alpha value is -3.11. The number of carbonyl (C=O) groups excluding carboxylic acids is 1. The van der Waals surface area contributed by atoms with Crippen molar-refractivity contribution < 1.29 is 18.3 Å². The Kier molecular flexibility index (Phi) is 6.33. The zero-order chi connectivity index (χ0) is 22.8. The smallest absolute Gasteiger partial charge is 0.359 e. The number of ether oxygens (including phenoxy) is 1. The fourth-order valence-corrected chi connectivity index (χ4v) is 3.62. The Bertz CT molecular complexity index is 1150. The molecule has 1 saturated heterocycles. The number of aromatic nitrogens is 4. The number of anilines is 1. The summed E-state index contributed by atoms with van der Waals surface area (Å²) in [6, 6.07) is 3.53. The number of esters is 1. The second-order valence-corrected chi connectivity index (χ2v) is 7.87. The lowest BCUT2D eigenvalue weighted by Gasteiger charge is -2.32. The van der Waals surface area contributed by atoms with Crippen LogP contribution in [0.25, 0.3) is 11.1 Å². The maximum Gasteiger partial charge on any atom is 0.359 e. The van der Waals surface area contributed by atoms with Crippen molar-refractivity contribution in [1.29, 1.82) is 0 Å². The Balaban J connectivity index is 1.65. The molecule has 0 bridgehead atoms. The third-order valence-electron chi connectivity index (χ3n) is 5.25. The highest BCUT2D eigenvalue weighted by Crippen LogP contribution is 2.30. The van der Waals surface area contributed by atoms with Crippen LogP contribution in [0.5, 0.6) is 0 Å². The van der Waals surface area contributed by atoms with Gasteiger partial charge in [0.15, 0.2) is 5.69 Å². The van der Waals surface area contributed by atoms with Crippen LogP contribution in [0.4, 0.5) is 14.7 Å². The SMILES string of the molecule is COC(=O)c1nn(Cc2ccnc(N3CCN(C)CC3)n2)cc1-c1cc(F)c(Cl)cc1F. The fraction of sp³-hybridized carbons (Fsp3) is 0.333. The van der Waals surface area contributed by atoms with E-state index in [1.165, 1.54) is 18.0 Å². The van der Waals surface area contributed by atoms with Crippen molar-refractivity contribution in [2.75, 3.05) is 45.2 Å². The highest BCUT2D eigenvalue weighted by molar-refractivity contribution is 6.30. The number of benzene rings is 1. The highest BCUT2D eigenvalue weighted by atomic mass is 35.5. The lowest BCUT2D eigenvalue weighted by molar-refractivity contribution is 0.0594. The summed E-state index contributed by atoms with van der Waals surface area (Å²) in [6.07, 6.45) is 3.12. The third-order valence-corrected chi connectivity index (χ3v) is 5.54. The molecule has 3 aromatic rings. The van der Waals surface area contributed by atoms with Crippen molar-refractivity contribution >= 4 is 23.5 Å². The molecule has 0 amide bonds. The van der Waals surface area contributed by atoms with Gasteiger partial charge in [-0.05, 0) is 25.2 Å². The number of methoxy groups -OCH3 is 1. The lowest BCUT2D eigenvalue weighted by Crippen LogP contribution is -2.45. The quantitative estimate of drug-likeness (QED) is 0.426. The van der Waals surface area contributed by atoms with E-state index in [4.69, 9.17) is 16.3 Å². The molecule has 0 unspecified atom stereocenters. The van der Waals surface area contributed by atoms with Crippen molar-refractivity contribution in [2.45, 2.75) is 6.54 Å². The van der Waals surface area contributed by atoms with Crippen LogP contribution in [0.1, 0.15) is 16.2 Å². The molecule has 8 nitrogen and oxygen atoms in total. The number of piperazine rings is 1. The van der Waals surface area contributed by atoms with E-state index in [0.717, 1.165) is 38.3 Å². The van der Waals surface area contributed by atoms with Gasteiger partial charge < -0.3 is 14.5 Å². The Labute approximate surface area is 188 Å². The minimum Gasteiger partial charge on any atom is -0.464 e. The van der Waals surface area contributed by atoms with Gasteiger partial charge in [-0.1, -0.05) is 11.6 Å². The van der Waals surface area contributed by atoms with Crippen molar-refractivity contribution in [3.63, 3.8) is 0 Å². The zero-order valence-electron chi connectivity index (χ0n) is 17.6. The second-order valence-electron chi connectivity index (χ2n) is 7.47. The number of halogens is 3. The standard InChI is InChI=1S/C21H21ClF2N6O2/c1-28-5-7-29(8-6-28)21-25-4-3-13(26-21)11-30-12-15(19(27-30)20(31)32-2)14-9-18(24)16(22)10-17(14)23/h3-4,9-10,12H,5-8,11H2,1-2H3. The molecule has 2 aromatic heterocycles. The van der Waals surface area contributed by atoms with Gasteiger partial charge in [0, 0.05) is 49.7 Å². The van der Waals surface area contributed by atoms with E-state index in [9.17, 15) is 13.6 Å². The highest BCUT2D eigenvalue weighted by Gasteiger charge is 2.23. The van der Waals surface area contributed by atoms with Gasteiger partial charge in [0.25, 0.3) is 0 Å². The molecule has 1 aliphatic rings. The zero-order valence-corrected chi connectivity index (χ0v) is 18.3. The molecule has 11 heteroatoms. The topological polar surface area (TPSA) is 76.4 Å². The van der Waals surface area contributed by atoms with E-state index in [2.05, 4.69) is 31.9 Å². The number of hydrogen-bond donors (Lipinski definition) is 0. The van der Waals surface area contributed by atoms with Gasteiger partial charge in [-0.15, -0.1) is 0 Å². The Morgan fingerprint density at radius 3 is 2.62 bits per heavy atom. The average Bonchev–Trinajstić information content (AvgIpc) is 3.19. The van der Waals surface area contributed by atoms with Crippen LogP contribution in [-0.2, 0) is 11.3 Å². The Morgan fingerprint density at radius 2 is 1.91 bits per heavy atom. The van der Waals surface area contributed by atoms with Crippen molar-refractivity contribution in [3.05, 3.63) is 58.6 Å². The summed E-state index contributed by atoms with van der Waals surface area (Å²) < 4.78 is 34.7. The summed E-state index contributed by atoms with van der Waals surface area (Å²) in [5, 5.41) is 3.89. The van der Waals surface area contributed by atoms with Gasteiger partial charge in [0.1, 0.15) is 11.6 Å². The van der Waals surface area contributed by atoms with Crippen molar-refractivity contribution in [2.24, 2.45) is 0 Å². The maximum atomic E-state index is 14.5. The summed E-state index contributed by atoms with van der Waals surface area (Å²) in [6.45, 7) is 3.67. The van der Waals surface area contributed by atoms with Crippen LogP contribution in [-0.4, -0.2) is 71.0 Å². The van der Waals surface area contributed by atoms with Gasteiger partial charge in [-0.2, -0.15) is 5.10 Å². The predicted octanol–water partition coefficient (Wildman–Crippen LogP) is 2.86. The summed E-state index contributed by atoms with van der Waals surface area (Å²) >= 11 is 5.65. The van der Waals surface area contributed by atoms with E-state index < -0.39 is 17.6 Å². The maximum absolute atomic E-state index is 14.5. The molecule has 168 valence electrons. The second kappa shape index (κ2) is 9.17. The van der Waals surface area contributed by atoms with Crippen molar-refractivity contribution in [1.82, 2.24) is 24.6 Å². The van der Waals surface area contributed by atoms with Crippen LogP contribution < -0.4 is 4.90 Å². The number of rotatable bonds is 5. The van der Waals surface area contributed by atoms with Crippen LogP contribution in [0.3, 0.4) is 0 Å². The molecule has 0 spiro atoms. The van der Waals surface area contributed by atoms with E-state index in [0.29, 0.717) is 11.6 Å². The minimum absolute atomic E-state index is 0.0956. The van der Waals surface area contributed by atoms with Gasteiger partial charge in [0.05, 0.1) is 24.4 Å². The molecule has 4 rings (SSSR count). The van der Waals surface area contributed by atoms with Crippen LogP contribution in [0.15, 0.2) is 30.6 Å². The molecule has 0 N–H and O–H groups in total. The van der Waals surface area contributed by atoms with Crippen LogP contribution >= 0.6 is 11.6 Å². The molecular weight excluding hydrogens is 442 g/mol. The molecular formula is C21H21ClF2N6O2. The molecule has 0 saturated carbocycles. The van der Waals surface area contributed by atoms with Gasteiger partial charge in [-0.3, -0.25) is 4.68 Å². The molecule has 32 heavy (non-hydrogen) atoms. The molecule has 1 aromatic carbocycles. The molecule has 3 heterocycles. The molecule has 1 aliphatic heterocycles. The predicted molar refractivity (Wildman–Crippen MR) is 115 cm³/mol. The number of likely N-dealkylation sites (N-methyl/N-ethyl adjacent to an activating group) is 1. The monoisotopic (exact) mass is 462 g/mol. The molecule has 0 aliphatic carbocycles. The third kappa shape index (κ3) is 4.56. The van der Waals surface area contributed by atoms with Crippen molar-refractivity contribution in [3.8, 4) is 11.1 Å². The summed E-state index contributed by atoms with van der Waals surface area (Å²) in [4.78, 5) is 25.5. The molecule has 0 radical (unpaired) electrons. The number of nitrogens with zero attached hydrogens (tertiary/aromatic N) is 6. The molecule has 1 fully saturated rings. The summed E-state index contributed by atoms with van der Waals surface area (Å²) in [7, 11) is 3.26. The molecule has 0 atom stereocenters. The number of hydrogen-bond acceptors (Lipinski definition) is 7. The minimum atomic E-state index is -0.806. The van der Waals surface area contributed by atoms with E-state index in [-0.39, 0.29) is 28.4 Å². The van der Waals surface area contributed by atoms with Gasteiger partial charge in [-0.25, -0.2) is 23.5 Å². The summed E-state index contributed by atoms with van der Waals surface area (Å²) in [5.41, 5.74) is 0.473. The first-order valence-electron chi connectivity index (χ1n) is 9.92. The van der Waals surface area contributed by atoms with Gasteiger partial charge in [0.2, 0.25) is 5.95 Å². The summed E-state index contributed by atoms with van der Waals surface area (Å²) in [5.74, 6) is -1.74. The van der Waals surface area contributed by atoms with E-state index >= 15 is 0 Å². The lowest BCUT2D eigenvalue weighted by atomic mass is 10.1. The average molecular weight is 463 g/mol.